The Bertz CT molecular complexity index is 404. The summed E-state index contributed by atoms with van der Waals surface area (Å²) in [6.45, 7) is 1.81. The maximum absolute atomic E-state index is 11.8. The third-order valence-corrected chi connectivity index (χ3v) is 2.66. The molecule has 0 bridgehead atoms. The van der Waals surface area contributed by atoms with Crippen molar-refractivity contribution in [3.63, 3.8) is 0 Å². The Kier molecular flexibility index (Phi) is 3.46. The second-order valence-electron chi connectivity index (χ2n) is 4.20. The van der Waals surface area contributed by atoms with E-state index in [4.69, 9.17) is 4.74 Å². The van der Waals surface area contributed by atoms with Crippen molar-refractivity contribution in [3.05, 3.63) is 18.3 Å². The van der Waals surface area contributed by atoms with Crippen LogP contribution in [0.15, 0.2) is 18.3 Å². The van der Waals surface area contributed by atoms with E-state index in [1.807, 2.05) is 6.92 Å². The summed E-state index contributed by atoms with van der Waals surface area (Å²) < 4.78 is 5.16. The number of pyridine rings is 1. The van der Waals surface area contributed by atoms with Gasteiger partial charge in [-0.25, -0.2) is 4.98 Å². The number of anilines is 1. The molecule has 0 radical (unpaired) electrons. The lowest BCUT2D eigenvalue weighted by Crippen LogP contribution is -2.38. The summed E-state index contributed by atoms with van der Waals surface area (Å²) in [6, 6.07) is 3.65. The van der Waals surface area contributed by atoms with Crippen LogP contribution in [0.5, 0.6) is 5.75 Å². The minimum atomic E-state index is -0.320. The second-order valence-corrected chi connectivity index (χ2v) is 4.20. The Morgan fingerprint density at radius 1 is 1.59 bits per heavy atom. The van der Waals surface area contributed by atoms with Crippen LogP contribution in [0.4, 0.5) is 5.82 Å². The molecule has 1 aliphatic rings. The van der Waals surface area contributed by atoms with Crippen molar-refractivity contribution in [1.29, 1.82) is 0 Å². The van der Waals surface area contributed by atoms with Crippen molar-refractivity contribution in [3.8, 4) is 5.75 Å². The fourth-order valence-electron chi connectivity index (χ4n) is 1.49. The van der Waals surface area contributed by atoms with Crippen molar-refractivity contribution < 1.29 is 9.53 Å². The second kappa shape index (κ2) is 5.03. The molecule has 0 aliphatic heterocycles. The van der Waals surface area contributed by atoms with E-state index in [1.54, 1.807) is 25.4 Å². The molecule has 1 aliphatic carbocycles. The van der Waals surface area contributed by atoms with Crippen LogP contribution < -0.4 is 15.4 Å². The maximum Gasteiger partial charge on any atom is 0.242 e. The number of carbonyl (C=O) groups excluding carboxylic acids is 1. The van der Waals surface area contributed by atoms with Crippen molar-refractivity contribution in [2.24, 2.45) is 0 Å². The normalized spacial score (nSPS) is 16.1. The standard InChI is InChI=1S/C12H17N3O2/c1-8(12(16)15-9-5-6-9)14-11-10(17-2)4-3-7-13-11/h3-4,7-9H,5-6H2,1-2H3,(H,13,14)(H,15,16). The van der Waals surface area contributed by atoms with Gasteiger partial charge in [0.05, 0.1) is 7.11 Å². The van der Waals surface area contributed by atoms with Crippen LogP contribution in [0.1, 0.15) is 19.8 Å². The summed E-state index contributed by atoms with van der Waals surface area (Å²) in [7, 11) is 1.58. The van der Waals surface area contributed by atoms with Crippen LogP contribution >= 0.6 is 0 Å². The molecule has 0 saturated heterocycles. The van der Waals surface area contributed by atoms with Crippen molar-refractivity contribution in [2.75, 3.05) is 12.4 Å². The van der Waals surface area contributed by atoms with Crippen LogP contribution in [-0.4, -0.2) is 30.1 Å². The van der Waals surface area contributed by atoms with Gasteiger partial charge < -0.3 is 15.4 Å². The monoisotopic (exact) mass is 235 g/mol. The zero-order valence-electron chi connectivity index (χ0n) is 10.1. The van der Waals surface area contributed by atoms with Gasteiger partial charge in [0, 0.05) is 12.2 Å². The van der Waals surface area contributed by atoms with E-state index in [0.717, 1.165) is 12.8 Å². The van der Waals surface area contributed by atoms with Gasteiger partial charge in [-0.15, -0.1) is 0 Å². The molecule has 2 N–H and O–H groups in total. The van der Waals surface area contributed by atoms with Gasteiger partial charge >= 0.3 is 0 Å². The molecule has 1 aromatic rings. The summed E-state index contributed by atoms with van der Waals surface area (Å²) in [5.74, 6) is 1.23. The molecule has 0 aromatic carbocycles. The van der Waals surface area contributed by atoms with Crippen LogP contribution in [0.2, 0.25) is 0 Å². The smallest absolute Gasteiger partial charge is 0.242 e. The lowest BCUT2D eigenvalue weighted by molar-refractivity contribution is -0.121. The molecule has 17 heavy (non-hydrogen) atoms. The number of nitrogens with zero attached hydrogens (tertiary/aromatic N) is 1. The number of nitrogens with one attached hydrogen (secondary N) is 2. The molecule has 1 heterocycles. The highest BCUT2D eigenvalue weighted by Crippen LogP contribution is 2.22. The highest BCUT2D eigenvalue weighted by Gasteiger charge is 2.25. The van der Waals surface area contributed by atoms with E-state index in [2.05, 4.69) is 15.6 Å². The number of amides is 1. The van der Waals surface area contributed by atoms with E-state index in [1.165, 1.54) is 0 Å². The third kappa shape index (κ3) is 3.09. The molecule has 1 atom stereocenters. The van der Waals surface area contributed by atoms with Crippen LogP contribution in [0.3, 0.4) is 0 Å². The van der Waals surface area contributed by atoms with Gasteiger partial charge in [0.1, 0.15) is 6.04 Å². The van der Waals surface area contributed by atoms with Gasteiger partial charge in [0.2, 0.25) is 5.91 Å². The average molecular weight is 235 g/mol. The van der Waals surface area contributed by atoms with Crippen molar-refractivity contribution in [2.45, 2.75) is 31.8 Å². The first-order valence-electron chi connectivity index (χ1n) is 5.76. The molecule has 1 unspecified atom stereocenters. The first kappa shape index (κ1) is 11.7. The van der Waals surface area contributed by atoms with Crippen LogP contribution in [0.25, 0.3) is 0 Å². The van der Waals surface area contributed by atoms with Gasteiger partial charge in [-0.1, -0.05) is 0 Å². The number of ether oxygens (including phenoxy) is 1. The summed E-state index contributed by atoms with van der Waals surface area (Å²) in [6.07, 6.45) is 3.84. The van der Waals surface area contributed by atoms with Gasteiger partial charge in [0.15, 0.2) is 11.6 Å². The number of hydrogen-bond donors (Lipinski definition) is 2. The first-order chi connectivity index (χ1) is 8.20. The molecule has 92 valence electrons. The average Bonchev–Trinajstić information content (AvgIpc) is 3.13. The number of methoxy groups -OCH3 is 1. The Morgan fingerprint density at radius 3 is 3.00 bits per heavy atom. The number of hydrogen-bond acceptors (Lipinski definition) is 4. The molecule has 1 fully saturated rings. The first-order valence-corrected chi connectivity index (χ1v) is 5.76. The summed E-state index contributed by atoms with van der Waals surface area (Å²) >= 11 is 0. The predicted molar refractivity (Wildman–Crippen MR) is 65.0 cm³/mol. The van der Waals surface area contributed by atoms with E-state index < -0.39 is 0 Å². The SMILES string of the molecule is COc1cccnc1NC(C)C(=O)NC1CC1. The van der Waals surface area contributed by atoms with E-state index >= 15 is 0 Å². The fourth-order valence-corrected chi connectivity index (χ4v) is 1.49. The Morgan fingerprint density at radius 2 is 2.35 bits per heavy atom. The quantitative estimate of drug-likeness (QED) is 0.804. The highest BCUT2D eigenvalue weighted by molar-refractivity contribution is 5.84. The lowest BCUT2D eigenvalue weighted by atomic mass is 10.3. The number of aromatic nitrogens is 1. The number of carbonyl (C=O) groups is 1. The van der Waals surface area contributed by atoms with Crippen LogP contribution in [-0.2, 0) is 4.79 Å². The highest BCUT2D eigenvalue weighted by atomic mass is 16.5. The molecular formula is C12H17N3O2. The summed E-state index contributed by atoms with van der Waals surface area (Å²) in [4.78, 5) is 15.9. The molecule has 5 nitrogen and oxygen atoms in total. The molecule has 1 saturated carbocycles. The van der Waals surface area contributed by atoms with Crippen molar-refractivity contribution in [1.82, 2.24) is 10.3 Å². The van der Waals surface area contributed by atoms with Gasteiger partial charge in [0.25, 0.3) is 0 Å². The molecule has 1 amide bonds. The maximum atomic E-state index is 11.8. The zero-order valence-corrected chi connectivity index (χ0v) is 10.1. The van der Waals surface area contributed by atoms with Crippen LogP contribution in [0, 0.1) is 0 Å². The predicted octanol–water partition coefficient (Wildman–Crippen LogP) is 1.17. The van der Waals surface area contributed by atoms with E-state index in [9.17, 15) is 4.79 Å². The van der Waals surface area contributed by atoms with Gasteiger partial charge in [-0.05, 0) is 31.9 Å². The number of rotatable bonds is 5. The van der Waals surface area contributed by atoms with Crippen molar-refractivity contribution >= 4 is 11.7 Å². The molecule has 5 heteroatoms. The molecule has 0 spiro atoms. The molecule has 2 rings (SSSR count). The Hall–Kier alpha value is -1.78. The van der Waals surface area contributed by atoms with E-state index in [0.29, 0.717) is 17.6 Å². The summed E-state index contributed by atoms with van der Waals surface area (Å²) in [5, 5.41) is 5.99. The van der Waals surface area contributed by atoms with Gasteiger partial charge in [-0.2, -0.15) is 0 Å². The Labute approximate surface area is 101 Å². The minimum absolute atomic E-state index is 0.000191. The topological polar surface area (TPSA) is 63.2 Å². The molecular weight excluding hydrogens is 218 g/mol. The van der Waals surface area contributed by atoms with Gasteiger partial charge in [-0.3, -0.25) is 4.79 Å². The zero-order chi connectivity index (χ0) is 12.3. The third-order valence-electron chi connectivity index (χ3n) is 2.66. The summed E-state index contributed by atoms with van der Waals surface area (Å²) in [5.41, 5.74) is 0. The minimum Gasteiger partial charge on any atom is -0.493 e. The lowest BCUT2D eigenvalue weighted by Gasteiger charge is -2.15. The van der Waals surface area contributed by atoms with E-state index in [-0.39, 0.29) is 11.9 Å². The fraction of sp³-hybridized carbons (Fsp3) is 0.500. The Balaban J connectivity index is 1.96. The molecule has 1 aromatic heterocycles. The largest absolute Gasteiger partial charge is 0.493 e.